The Balaban J connectivity index is 1.51. The van der Waals surface area contributed by atoms with Gasteiger partial charge in [0.2, 0.25) is 0 Å². The molecule has 2 aliphatic rings. The van der Waals surface area contributed by atoms with E-state index in [4.69, 9.17) is 16.6 Å². The van der Waals surface area contributed by atoms with Gasteiger partial charge in [-0.3, -0.25) is 0 Å². The second kappa shape index (κ2) is 8.74. The summed E-state index contributed by atoms with van der Waals surface area (Å²) in [6, 6.07) is 15.4. The molecule has 1 aliphatic heterocycles. The van der Waals surface area contributed by atoms with Gasteiger partial charge in [0.05, 0.1) is 17.6 Å². The summed E-state index contributed by atoms with van der Waals surface area (Å²) >= 11 is 6.37. The summed E-state index contributed by atoms with van der Waals surface area (Å²) in [5.74, 6) is 0.528. The van der Waals surface area contributed by atoms with Gasteiger partial charge in [-0.05, 0) is 71.6 Å². The van der Waals surface area contributed by atoms with E-state index in [0.29, 0.717) is 56.7 Å². The molecule has 1 aliphatic carbocycles. The third kappa shape index (κ3) is 3.51. The molecule has 6 aromatic rings. The Morgan fingerprint density at radius 1 is 1.17 bits per heavy atom. The lowest BCUT2D eigenvalue weighted by Gasteiger charge is -2.18. The molecular formula is C31H23ClFN7O. The molecule has 4 heterocycles. The minimum Gasteiger partial charge on any atom is -0.508 e. The van der Waals surface area contributed by atoms with E-state index in [9.17, 15) is 10.4 Å². The number of phenols is 1. The molecule has 1 saturated carbocycles. The van der Waals surface area contributed by atoms with E-state index in [1.54, 1.807) is 41.3 Å². The first-order chi connectivity index (χ1) is 19.9. The number of benzene rings is 3. The fraction of sp³-hybridized carbons (Fsp3) is 0.226. The van der Waals surface area contributed by atoms with Crippen LogP contribution in [0.25, 0.3) is 49.5 Å². The van der Waals surface area contributed by atoms with E-state index in [0.717, 1.165) is 28.5 Å². The predicted octanol–water partition coefficient (Wildman–Crippen LogP) is 6.00. The van der Waals surface area contributed by atoms with Crippen molar-refractivity contribution in [2.75, 3.05) is 6.54 Å². The Kier molecular flexibility index (Phi) is 5.18. The molecule has 0 radical (unpaired) electrons. The normalized spacial score (nSPS) is 19.4. The van der Waals surface area contributed by atoms with Crippen molar-refractivity contribution in [1.29, 1.82) is 5.26 Å². The molecule has 202 valence electrons. The third-order valence-electron chi connectivity index (χ3n) is 8.59. The number of hydrogen-bond acceptors (Lipinski definition) is 6. The zero-order valence-electron chi connectivity index (χ0n) is 21.9. The molecular weight excluding hydrogens is 541 g/mol. The number of nitrogens with one attached hydrogen (secondary N) is 1. The molecule has 8 nitrogen and oxygen atoms in total. The van der Waals surface area contributed by atoms with Crippen molar-refractivity contribution in [2.45, 2.75) is 31.8 Å². The summed E-state index contributed by atoms with van der Waals surface area (Å²) in [6.45, 7) is 3.03. The monoisotopic (exact) mass is 563 g/mol. The number of aromatic hydroxyl groups is 1. The number of fused-ring (bicyclic) bond motifs is 5. The summed E-state index contributed by atoms with van der Waals surface area (Å²) in [6.07, 6.45) is 3.54. The molecule has 3 aromatic heterocycles. The minimum absolute atomic E-state index is 0.00785. The van der Waals surface area contributed by atoms with Crippen molar-refractivity contribution in [3.63, 3.8) is 0 Å². The highest BCUT2D eigenvalue weighted by Gasteiger charge is 2.58. The molecule has 1 saturated heterocycles. The number of hydrogen-bond donors (Lipinski definition) is 2. The maximum absolute atomic E-state index is 17.1. The van der Waals surface area contributed by atoms with Gasteiger partial charge < -0.3 is 15.0 Å². The van der Waals surface area contributed by atoms with Crippen LogP contribution < -0.4 is 5.32 Å². The number of halogens is 2. The number of rotatable bonds is 5. The number of pyridine rings is 1. The predicted molar refractivity (Wildman–Crippen MR) is 155 cm³/mol. The Hall–Kier alpha value is -4.52. The van der Waals surface area contributed by atoms with Gasteiger partial charge in [0.25, 0.3) is 0 Å². The maximum atomic E-state index is 17.1. The van der Waals surface area contributed by atoms with E-state index in [2.05, 4.69) is 39.0 Å². The smallest absolute Gasteiger partial charge is 0.165 e. The van der Waals surface area contributed by atoms with Gasteiger partial charge >= 0.3 is 0 Å². The average Bonchev–Trinajstić information content (AvgIpc) is 3.33. The van der Waals surface area contributed by atoms with Crippen LogP contribution in [-0.4, -0.2) is 42.0 Å². The highest BCUT2D eigenvalue weighted by atomic mass is 35.5. The number of aryl methyl sites for hydroxylation is 2. The zero-order valence-corrected chi connectivity index (χ0v) is 22.7. The van der Waals surface area contributed by atoms with Crippen molar-refractivity contribution in [1.82, 2.24) is 29.6 Å². The highest BCUT2D eigenvalue weighted by molar-refractivity contribution is 6.31. The van der Waals surface area contributed by atoms with Crippen LogP contribution in [0, 0.1) is 30.0 Å². The Labute approximate surface area is 238 Å². The van der Waals surface area contributed by atoms with E-state index in [1.807, 2.05) is 6.07 Å². The summed E-state index contributed by atoms with van der Waals surface area (Å²) in [5.41, 5.74) is 3.62. The van der Waals surface area contributed by atoms with Crippen LogP contribution in [0.2, 0.25) is 5.02 Å². The molecule has 0 amide bonds. The van der Waals surface area contributed by atoms with Crippen molar-refractivity contribution in [3.05, 3.63) is 77.2 Å². The lowest BCUT2D eigenvalue weighted by Crippen LogP contribution is -2.32. The molecule has 3 aromatic carbocycles. The van der Waals surface area contributed by atoms with Gasteiger partial charge in [-0.1, -0.05) is 17.7 Å². The summed E-state index contributed by atoms with van der Waals surface area (Å²) in [4.78, 5) is 8.98. The van der Waals surface area contributed by atoms with Crippen LogP contribution in [0.15, 0.2) is 55.1 Å². The molecule has 0 spiro atoms. The van der Waals surface area contributed by atoms with Crippen molar-refractivity contribution >= 4 is 44.2 Å². The van der Waals surface area contributed by atoms with Gasteiger partial charge in [0, 0.05) is 52.0 Å². The largest absolute Gasteiger partial charge is 0.508 e. The second-order valence-electron chi connectivity index (χ2n) is 10.9. The number of aromatic nitrogens is 5. The van der Waals surface area contributed by atoms with Gasteiger partial charge in [-0.2, -0.15) is 10.4 Å². The Morgan fingerprint density at radius 2 is 2.02 bits per heavy atom. The molecule has 10 heteroatoms. The standard InChI is InChI=1S/C31H23ClFN7O/c1-15-7-23-29(40(15)30-24-12-36-28(24)30)22-9-17(3-2-6-34)25(26(33)27(22)38-31(23)39-14-35-13-37-39)21-11-19(41)8-16-4-5-18(32)10-20(16)21/h4-5,7-11,13-14,24,28,30,36,41H,2-3,12H2,1H3/t24-,28?,30-/m0/s1. The summed E-state index contributed by atoms with van der Waals surface area (Å²) in [7, 11) is 0. The van der Waals surface area contributed by atoms with Crippen molar-refractivity contribution in [2.24, 2.45) is 5.92 Å². The van der Waals surface area contributed by atoms with Crippen molar-refractivity contribution in [3.8, 4) is 28.8 Å². The first-order valence-electron chi connectivity index (χ1n) is 13.5. The number of nitrogens with zero attached hydrogens (tertiary/aromatic N) is 6. The Bertz CT molecular complexity index is 2090. The molecule has 2 fully saturated rings. The van der Waals surface area contributed by atoms with Gasteiger partial charge in [0.15, 0.2) is 11.6 Å². The van der Waals surface area contributed by atoms with E-state index < -0.39 is 5.82 Å². The first-order valence-corrected chi connectivity index (χ1v) is 13.9. The van der Waals surface area contributed by atoms with Gasteiger partial charge in [0.1, 0.15) is 23.9 Å². The fourth-order valence-corrected chi connectivity index (χ4v) is 6.83. The fourth-order valence-electron chi connectivity index (χ4n) is 6.66. The lowest BCUT2D eigenvalue weighted by molar-refractivity contribution is 0.476. The number of nitriles is 1. The maximum Gasteiger partial charge on any atom is 0.165 e. The molecule has 3 atom stereocenters. The van der Waals surface area contributed by atoms with E-state index in [1.165, 1.54) is 6.33 Å². The average molecular weight is 564 g/mol. The second-order valence-corrected chi connectivity index (χ2v) is 11.4. The molecule has 1 unspecified atom stereocenters. The molecule has 8 rings (SSSR count). The van der Waals surface area contributed by atoms with Crippen LogP contribution in [0.3, 0.4) is 0 Å². The van der Waals surface area contributed by atoms with Crippen LogP contribution in [0.4, 0.5) is 4.39 Å². The summed E-state index contributed by atoms with van der Waals surface area (Å²) < 4.78 is 21.0. The lowest BCUT2D eigenvalue weighted by atomic mass is 9.90. The zero-order chi connectivity index (χ0) is 28.0. The van der Waals surface area contributed by atoms with Crippen LogP contribution in [0.5, 0.6) is 5.75 Å². The molecule has 2 N–H and O–H groups in total. The molecule has 0 bridgehead atoms. The summed E-state index contributed by atoms with van der Waals surface area (Å²) in [5, 5.41) is 31.4. The van der Waals surface area contributed by atoms with Crippen LogP contribution >= 0.6 is 11.6 Å². The van der Waals surface area contributed by atoms with Crippen molar-refractivity contribution < 1.29 is 9.50 Å². The topological polar surface area (TPSA) is 105 Å². The van der Waals surface area contributed by atoms with Crippen LogP contribution in [0.1, 0.15) is 23.7 Å². The van der Waals surface area contributed by atoms with E-state index >= 15 is 4.39 Å². The van der Waals surface area contributed by atoms with Crippen LogP contribution in [-0.2, 0) is 6.42 Å². The quantitative estimate of drug-likeness (QED) is 0.267. The van der Waals surface area contributed by atoms with Gasteiger partial charge in [-0.25, -0.2) is 19.0 Å². The first kappa shape index (κ1) is 24.3. The highest BCUT2D eigenvalue weighted by Crippen LogP contribution is 2.53. The minimum atomic E-state index is -0.520. The molecule has 41 heavy (non-hydrogen) atoms. The Morgan fingerprint density at radius 3 is 2.76 bits per heavy atom. The van der Waals surface area contributed by atoms with E-state index in [-0.39, 0.29) is 23.7 Å². The third-order valence-corrected chi connectivity index (χ3v) is 8.83. The van der Waals surface area contributed by atoms with Gasteiger partial charge in [-0.15, -0.1) is 0 Å². The SMILES string of the molecule is Cc1cc2c(-n3cncn3)nc3c(F)c(-c4cc(O)cc5ccc(Cl)cc45)c(CCC#N)cc3c2n1[C@@H]1C2NC[C@@H]21. The number of phenolic OH excluding ortho intramolecular Hbond substituents is 1.